The van der Waals surface area contributed by atoms with Gasteiger partial charge in [-0.1, -0.05) is 95.1 Å². The summed E-state index contributed by atoms with van der Waals surface area (Å²) in [4.78, 5) is 0. The van der Waals surface area contributed by atoms with E-state index in [2.05, 4.69) is 121 Å². The molecule has 4 aliphatic carbocycles. The Hall–Kier alpha value is -1.81. The molecule has 0 nitrogen and oxygen atoms in total. The number of allylic oxidation sites excluding steroid dienone is 8. The van der Waals surface area contributed by atoms with E-state index in [1.165, 1.54) is 66.8 Å². The fourth-order valence-corrected chi connectivity index (χ4v) is 5.79. The van der Waals surface area contributed by atoms with Gasteiger partial charge in [-0.3, -0.25) is 0 Å². The minimum atomic E-state index is 0. The molecular weight excluding hydrogens is 758 g/mol. The van der Waals surface area contributed by atoms with Crippen molar-refractivity contribution >= 4 is 11.1 Å². The molecular formula is C42H40Cl2Zr2-2. The summed E-state index contributed by atoms with van der Waals surface area (Å²) < 4.78 is 0. The second-order valence-corrected chi connectivity index (χ2v) is 11.0. The van der Waals surface area contributed by atoms with Crippen LogP contribution in [0.3, 0.4) is 0 Å². The van der Waals surface area contributed by atoms with Gasteiger partial charge in [-0.2, -0.15) is 27.7 Å². The predicted octanol–water partition coefficient (Wildman–Crippen LogP) is 5.27. The standard InChI is InChI=1S/2C18H13.2C3H7.2ClH.2Zr/c2*1-2-6-13(5-1)14-9-10-18-16(11-14)12-15-7-3-4-8-17(15)18;2*1-3-2;;;;/h2*1-5,7-10H,6,12H2;2*3H,1-2H3;2*1H;;/q4*-1;;;2*+2/p-2. The second-order valence-electron chi connectivity index (χ2n) is 11.0. The molecule has 0 unspecified atom stereocenters. The van der Waals surface area contributed by atoms with Crippen molar-refractivity contribution in [3.05, 3.63) is 168 Å². The van der Waals surface area contributed by atoms with E-state index in [9.17, 15) is 0 Å². The largest absolute Gasteiger partial charge is 2.00 e. The normalized spacial score (nSPS) is 12.9. The molecule has 0 fully saturated rings. The predicted molar refractivity (Wildman–Crippen MR) is 182 cm³/mol. The Morgan fingerprint density at radius 3 is 1.22 bits per heavy atom. The van der Waals surface area contributed by atoms with Crippen molar-refractivity contribution < 1.29 is 77.2 Å². The van der Waals surface area contributed by atoms with E-state index in [4.69, 9.17) is 0 Å². The molecule has 46 heavy (non-hydrogen) atoms. The van der Waals surface area contributed by atoms with Gasteiger partial charge in [0, 0.05) is 0 Å². The SMILES string of the molecule is C[CH-]C.C[CH-]C.[Cl-].[Cl-].[Zr+2].[Zr+2].[c-]1c(C2=CC=CC2)ccc2c1Cc1ccccc1-2.[c-]1c(C2=CC=CC2)ccc2c1Cc1ccccc1-2. The first-order valence-corrected chi connectivity index (χ1v) is 15.1. The molecule has 0 heterocycles. The zero-order valence-electron chi connectivity index (χ0n) is 27.1. The molecule has 0 spiro atoms. The van der Waals surface area contributed by atoms with Crippen molar-refractivity contribution in [2.75, 3.05) is 0 Å². The van der Waals surface area contributed by atoms with Gasteiger partial charge in [0.15, 0.2) is 0 Å². The second kappa shape index (κ2) is 21.2. The van der Waals surface area contributed by atoms with Crippen LogP contribution >= 0.6 is 0 Å². The van der Waals surface area contributed by atoms with Crippen molar-refractivity contribution in [3.63, 3.8) is 0 Å². The van der Waals surface area contributed by atoms with Gasteiger partial charge in [-0.25, -0.2) is 0 Å². The monoisotopic (exact) mass is 794 g/mol. The van der Waals surface area contributed by atoms with Crippen LogP contribution in [0.15, 0.2) is 109 Å². The minimum Gasteiger partial charge on any atom is -1.00 e. The molecule has 0 radical (unpaired) electrons. The Kier molecular flexibility index (Phi) is 19.5. The average Bonchev–Trinajstić information content (AvgIpc) is 3.83. The van der Waals surface area contributed by atoms with Gasteiger partial charge in [0.25, 0.3) is 0 Å². The van der Waals surface area contributed by atoms with Crippen molar-refractivity contribution in [2.45, 2.75) is 53.4 Å². The maximum absolute atomic E-state index is 3.61. The van der Waals surface area contributed by atoms with Gasteiger partial charge >= 0.3 is 52.4 Å². The fourth-order valence-electron chi connectivity index (χ4n) is 5.79. The van der Waals surface area contributed by atoms with E-state index in [0.717, 1.165) is 25.7 Å². The van der Waals surface area contributed by atoms with Crippen LogP contribution in [0.5, 0.6) is 0 Å². The summed E-state index contributed by atoms with van der Waals surface area (Å²) in [6.07, 6.45) is 21.2. The number of fused-ring (bicyclic) bond motifs is 6. The maximum atomic E-state index is 3.61. The van der Waals surface area contributed by atoms with Gasteiger partial charge in [0.1, 0.15) is 0 Å². The number of halogens is 2. The Labute approximate surface area is 328 Å². The number of rotatable bonds is 2. The summed E-state index contributed by atoms with van der Waals surface area (Å²) in [5.74, 6) is 0. The van der Waals surface area contributed by atoms with E-state index in [-0.39, 0.29) is 77.2 Å². The molecule has 0 saturated carbocycles. The van der Waals surface area contributed by atoms with Gasteiger partial charge in [-0.05, 0) is 36.8 Å². The third kappa shape index (κ3) is 10.1. The number of hydrogen-bond donors (Lipinski definition) is 0. The first-order valence-electron chi connectivity index (χ1n) is 15.1. The van der Waals surface area contributed by atoms with Crippen molar-refractivity contribution in [1.29, 1.82) is 0 Å². The van der Waals surface area contributed by atoms with Crippen LogP contribution in [0, 0.1) is 25.0 Å². The summed E-state index contributed by atoms with van der Waals surface area (Å²) in [6.45, 7) is 8.00. The first kappa shape index (κ1) is 42.2. The Morgan fingerprint density at radius 1 is 0.500 bits per heavy atom. The number of benzene rings is 4. The van der Waals surface area contributed by atoms with Crippen molar-refractivity contribution in [2.24, 2.45) is 0 Å². The Balaban J connectivity index is 0.000000366. The van der Waals surface area contributed by atoms with E-state index in [0.29, 0.717) is 0 Å². The van der Waals surface area contributed by atoms with Crippen LogP contribution in [0.4, 0.5) is 0 Å². The molecule has 0 aromatic heterocycles. The maximum Gasteiger partial charge on any atom is 2.00 e. The molecule has 4 aromatic rings. The van der Waals surface area contributed by atoms with Crippen LogP contribution in [-0.2, 0) is 65.2 Å². The topological polar surface area (TPSA) is 0 Å². The van der Waals surface area contributed by atoms with Gasteiger partial charge in [0.2, 0.25) is 0 Å². The van der Waals surface area contributed by atoms with E-state index >= 15 is 0 Å². The van der Waals surface area contributed by atoms with Gasteiger partial charge < -0.3 is 37.7 Å². The summed E-state index contributed by atoms with van der Waals surface area (Å²) in [5, 5.41) is 0. The zero-order valence-corrected chi connectivity index (χ0v) is 33.6. The Bertz CT molecular complexity index is 1550. The molecule has 4 aliphatic rings. The third-order valence-electron chi connectivity index (χ3n) is 7.64. The third-order valence-corrected chi connectivity index (χ3v) is 7.64. The smallest absolute Gasteiger partial charge is 1.00 e. The van der Waals surface area contributed by atoms with Gasteiger partial charge in [0.05, 0.1) is 0 Å². The molecule has 0 aliphatic heterocycles. The van der Waals surface area contributed by atoms with E-state index in [1.54, 1.807) is 0 Å². The fraction of sp³-hybridized carbons (Fsp3) is 0.190. The zero-order chi connectivity index (χ0) is 29.3. The molecule has 4 heteroatoms. The Morgan fingerprint density at radius 2 is 0.870 bits per heavy atom. The van der Waals surface area contributed by atoms with Crippen LogP contribution in [0.2, 0.25) is 0 Å². The van der Waals surface area contributed by atoms with E-state index in [1.807, 2.05) is 40.5 Å². The van der Waals surface area contributed by atoms with Crippen LogP contribution in [0.1, 0.15) is 73.9 Å². The molecule has 8 rings (SSSR count). The van der Waals surface area contributed by atoms with Crippen molar-refractivity contribution in [3.8, 4) is 22.3 Å². The molecule has 0 N–H and O–H groups in total. The molecule has 0 atom stereocenters. The first-order chi connectivity index (χ1) is 20.7. The molecule has 4 aromatic carbocycles. The van der Waals surface area contributed by atoms with E-state index < -0.39 is 0 Å². The molecule has 0 bridgehead atoms. The molecule has 232 valence electrons. The van der Waals surface area contributed by atoms with Crippen LogP contribution < -0.4 is 24.8 Å². The summed E-state index contributed by atoms with van der Waals surface area (Å²) in [5.41, 5.74) is 16.3. The molecule has 0 amide bonds. The van der Waals surface area contributed by atoms with Gasteiger partial charge in [-0.15, -0.1) is 82.0 Å². The quantitative estimate of drug-likeness (QED) is 0.210. The molecule has 0 saturated heterocycles. The van der Waals surface area contributed by atoms with Crippen LogP contribution in [-0.4, -0.2) is 0 Å². The average molecular weight is 798 g/mol. The number of hydrogen-bond acceptors (Lipinski definition) is 0. The van der Waals surface area contributed by atoms with Crippen LogP contribution in [0.25, 0.3) is 33.4 Å². The summed E-state index contributed by atoms with van der Waals surface area (Å²) >= 11 is 0. The minimum absolute atomic E-state index is 0. The summed E-state index contributed by atoms with van der Waals surface area (Å²) in [7, 11) is 0. The summed E-state index contributed by atoms with van der Waals surface area (Å²) in [6, 6.07) is 33.5. The van der Waals surface area contributed by atoms with Crippen molar-refractivity contribution in [1.82, 2.24) is 0 Å².